The van der Waals surface area contributed by atoms with Crippen LogP contribution in [0.5, 0.6) is 23.0 Å². The zero-order chi connectivity index (χ0) is 25.8. The molecule has 3 aliphatic heterocycles. The number of fused-ring (bicyclic) bond motifs is 5. The second-order valence-electron chi connectivity index (χ2n) is 8.67. The molecule has 1 N–H and O–H groups in total. The predicted octanol–water partition coefficient (Wildman–Crippen LogP) is 3.77. The highest BCUT2D eigenvalue weighted by atomic mass is 19.4. The van der Waals surface area contributed by atoms with Crippen LogP contribution in [0.4, 0.5) is 18.9 Å². The minimum atomic E-state index is -4.94. The highest BCUT2D eigenvalue weighted by Gasteiger charge is 2.57. The van der Waals surface area contributed by atoms with Gasteiger partial charge < -0.3 is 29.2 Å². The molecule has 0 aromatic heterocycles. The van der Waals surface area contributed by atoms with Gasteiger partial charge in [0, 0.05) is 30.4 Å². The molecule has 0 radical (unpaired) electrons. The van der Waals surface area contributed by atoms with Gasteiger partial charge in [0.05, 0.1) is 5.56 Å². The molecule has 8 nitrogen and oxygen atoms in total. The second kappa shape index (κ2) is 8.32. The number of rotatable bonds is 5. The molecule has 0 saturated carbocycles. The molecule has 1 spiro atoms. The van der Waals surface area contributed by atoms with Gasteiger partial charge in [-0.2, -0.15) is 0 Å². The van der Waals surface area contributed by atoms with Gasteiger partial charge >= 0.3 is 6.36 Å². The fraction of sp³-hybridized carbons (Fsp3) is 0.231. The van der Waals surface area contributed by atoms with Crippen LogP contribution in [0.15, 0.2) is 60.7 Å². The van der Waals surface area contributed by atoms with E-state index in [9.17, 15) is 22.8 Å². The maximum atomic E-state index is 13.9. The summed E-state index contributed by atoms with van der Waals surface area (Å²) in [6.07, 6.45) is -4.94. The molecular weight excluding hydrogens is 493 g/mol. The van der Waals surface area contributed by atoms with Crippen molar-refractivity contribution in [3.8, 4) is 23.0 Å². The third kappa shape index (κ3) is 3.69. The third-order valence-electron chi connectivity index (χ3n) is 6.62. The van der Waals surface area contributed by atoms with Crippen molar-refractivity contribution in [3.63, 3.8) is 0 Å². The summed E-state index contributed by atoms with van der Waals surface area (Å²) in [6, 6.07) is 15.9. The van der Waals surface area contributed by atoms with Crippen LogP contribution in [0.25, 0.3) is 0 Å². The molecular formula is C26H19F3N2O6. The first kappa shape index (κ1) is 23.0. The highest BCUT2D eigenvalue weighted by molar-refractivity contribution is 6.11. The summed E-state index contributed by atoms with van der Waals surface area (Å²) >= 11 is 0. The molecule has 37 heavy (non-hydrogen) atoms. The van der Waals surface area contributed by atoms with Crippen LogP contribution in [-0.4, -0.2) is 44.7 Å². The fourth-order valence-corrected chi connectivity index (χ4v) is 5.03. The fourth-order valence-electron chi connectivity index (χ4n) is 5.03. The topological polar surface area (TPSA) is 86.3 Å². The van der Waals surface area contributed by atoms with E-state index in [1.807, 2.05) is 12.1 Å². The summed E-state index contributed by atoms with van der Waals surface area (Å²) < 4.78 is 59.0. The Labute approximate surface area is 208 Å². The van der Waals surface area contributed by atoms with Crippen molar-refractivity contribution in [3.05, 3.63) is 77.4 Å². The summed E-state index contributed by atoms with van der Waals surface area (Å²) in [6.45, 7) is 0.251. The van der Waals surface area contributed by atoms with Crippen LogP contribution < -0.4 is 29.2 Å². The smallest absolute Gasteiger partial charge is 0.491 e. The molecule has 0 bridgehead atoms. The molecule has 3 heterocycles. The average Bonchev–Trinajstić information content (AvgIpc) is 3.54. The van der Waals surface area contributed by atoms with Crippen molar-refractivity contribution in [1.29, 1.82) is 0 Å². The Balaban J connectivity index is 1.24. The summed E-state index contributed by atoms with van der Waals surface area (Å²) in [4.78, 5) is 28.1. The number of halogens is 3. The van der Waals surface area contributed by atoms with Gasteiger partial charge in [0.1, 0.15) is 23.5 Å². The summed E-state index contributed by atoms with van der Waals surface area (Å²) in [5.41, 5.74) is 0.728. The van der Waals surface area contributed by atoms with Crippen LogP contribution in [0.3, 0.4) is 0 Å². The van der Waals surface area contributed by atoms with Gasteiger partial charge in [0.2, 0.25) is 12.7 Å². The summed E-state index contributed by atoms with van der Waals surface area (Å²) in [5, 5.41) is 2.59. The van der Waals surface area contributed by atoms with Gasteiger partial charge in [-0.05, 0) is 29.8 Å². The Morgan fingerprint density at radius 3 is 2.51 bits per heavy atom. The van der Waals surface area contributed by atoms with Gasteiger partial charge in [-0.3, -0.25) is 9.59 Å². The molecule has 0 saturated heterocycles. The number of carbonyl (C=O) groups excluding carboxylic acids is 2. The minimum Gasteiger partial charge on any atom is -0.491 e. The van der Waals surface area contributed by atoms with E-state index in [4.69, 9.17) is 14.2 Å². The van der Waals surface area contributed by atoms with Crippen molar-refractivity contribution in [2.24, 2.45) is 0 Å². The standard InChI is InChI=1S/C26H19F3N2O6/c27-26(28,29)37-19-8-4-1-5-15(19)23(32)30-9-10-31-18-7-3-2-6-16(18)25(24(31)33)13-34-20-12-22-21(11-17(20)25)35-14-36-22/h1-8,11-12H,9-10,13-14H2,(H,30,32). The molecule has 3 aromatic carbocycles. The Kier molecular flexibility index (Phi) is 5.18. The SMILES string of the molecule is O=C(NCCN1C(=O)C2(COc3cc4c(cc32)OCO4)c2ccccc21)c1ccccc1OC(F)(F)F. The lowest BCUT2D eigenvalue weighted by Gasteiger charge is -2.23. The number of nitrogens with zero attached hydrogens (tertiary/aromatic N) is 1. The number of para-hydroxylation sites is 2. The lowest BCUT2D eigenvalue weighted by molar-refractivity contribution is -0.274. The predicted molar refractivity (Wildman–Crippen MR) is 123 cm³/mol. The van der Waals surface area contributed by atoms with Crippen LogP contribution in [0.2, 0.25) is 0 Å². The molecule has 2 amide bonds. The van der Waals surface area contributed by atoms with Crippen LogP contribution in [-0.2, 0) is 10.2 Å². The monoisotopic (exact) mass is 512 g/mol. The molecule has 3 aliphatic rings. The lowest BCUT2D eigenvalue weighted by atomic mass is 9.77. The molecule has 1 unspecified atom stereocenters. The quantitative estimate of drug-likeness (QED) is 0.560. The van der Waals surface area contributed by atoms with E-state index in [2.05, 4.69) is 10.1 Å². The van der Waals surface area contributed by atoms with E-state index in [1.165, 1.54) is 18.2 Å². The number of hydrogen-bond acceptors (Lipinski definition) is 6. The number of hydrogen-bond donors (Lipinski definition) is 1. The largest absolute Gasteiger partial charge is 0.573 e. The normalized spacial score (nSPS) is 19.0. The van der Waals surface area contributed by atoms with E-state index < -0.39 is 23.4 Å². The van der Waals surface area contributed by atoms with Gasteiger partial charge in [0.25, 0.3) is 5.91 Å². The maximum Gasteiger partial charge on any atom is 0.573 e. The number of amides is 2. The third-order valence-corrected chi connectivity index (χ3v) is 6.62. The maximum absolute atomic E-state index is 13.9. The Bertz CT molecular complexity index is 1430. The van der Waals surface area contributed by atoms with E-state index in [0.717, 1.165) is 11.6 Å². The molecule has 0 aliphatic carbocycles. The van der Waals surface area contributed by atoms with Gasteiger partial charge in [-0.25, -0.2) is 0 Å². The molecule has 190 valence electrons. The van der Waals surface area contributed by atoms with Crippen molar-refractivity contribution in [1.82, 2.24) is 5.32 Å². The van der Waals surface area contributed by atoms with Crippen molar-refractivity contribution >= 4 is 17.5 Å². The van der Waals surface area contributed by atoms with E-state index >= 15 is 0 Å². The second-order valence-corrected chi connectivity index (χ2v) is 8.67. The Morgan fingerprint density at radius 1 is 0.973 bits per heavy atom. The molecule has 3 aromatic rings. The summed E-state index contributed by atoms with van der Waals surface area (Å²) in [5.74, 6) is 0.0117. The van der Waals surface area contributed by atoms with E-state index in [0.29, 0.717) is 28.5 Å². The Hall–Kier alpha value is -4.41. The van der Waals surface area contributed by atoms with Gasteiger partial charge in [-0.1, -0.05) is 30.3 Å². The first-order valence-corrected chi connectivity index (χ1v) is 11.4. The van der Waals surface area contributed by atoms with Crippen LogP contribution in [0, 0.1) is 0 Å². The number of benzene rings is 3. The van der Waals surface area contributed by atoms with E-state index in [1.54, 1.807) is 29.2 Å². The Morgan fingerprint density at radius 2 is 1.70 bits per heavy atom. The number of ether oxygens (including phenoxy) is 4. The number of anilines is 1. The minimum absolute atomic E-state index is 0.00973. The van der Waals surface area contributed by atoms with E-state index in [-0.39, 0.29) is 38.0 Å². The van der Waals surface area contributed by atoms with Crippen LogP contribution in [0.1, 0.15) is 21.5 Å². The first-order valence-electron chi connectivity index (χ1n) is 11.4. The van der Waals surface area contributed by atoms with Crippen molar-refractivity contribution in [2.45, 2.75) is 11.8 Å². The van der Waals surface area contributed by atoms with Gasteiger partial charge in [-0.15, -0.1) is 13.2 Å². The highest BCUT2D eigenvalue weighted by Crippen LogP contribution is 2.54. The number of carbonyl (C=O) groups is 2. The van der Waals surface area contributed by atoms with Crippen molar-refractivity contribution in [2.75, 3.05) is 31.4 Å². The average molecular weight is 512 g/mol. The number of alkyl halides is 3. The summed E-state index contributed by atoms with van der Waals surface area (Å²) in [7, 11) is 0. The molecule has 6 rings (SSSR count). The molecule has 11 heteroatoms. The van der Waals surface area contributed by atoms with Gasteiger partial charge in [0.15, 0.2) is 11.5 Å². The molecule has 0 fully saturated rings. The zero-order valence-electron chi connectivity index (χ0n) is 19.1. The molecule has 1 atom stereocenters. The first-order chi connectivity index (χ1) is 17.8. The lowest BCUT2D eigenvalue weighted by Crippen LogP contribution is -2.45. The zero-order valence-corrected chi connectivity index (χ0v) is 19.1. The van der Waals surface area contributed by atoms with Crippen molar-refractivity contribution < 1.29 is 41.7 Å². The number of nitrogens with one attached hydrogen (secondary N) is 1. The van der Waals surface area contributed by atoms with Crippen LogP contribution >= 0.6 is 0 Å².